The maximum absolute atomic E-state index is 13.2. The molecular weight excluding hydrogens is 495 g/mol. The average Bonchev–Trinajstić information content (AvgIpc) is 2.87. The molecule has 2 aromatic rings. The molecule has 1 amide bonds. The molecule has 2 aliphatic heterocycles. The van der Waals surface area contributed by atoms with Gasteiger partial charge in [0.05, 0.1) is 35.2 Å². The van der Waals surface area contributed by atoms with Crippen molar-refractivity contribution in [2.24, 2.45) is 0 Å². The molecule has 208 valence electrons. The van der Waals surface area contributed by atoms with E-state index in [1.165, 1.54) is 6.33 Å². The molecule has 1 aromatic carbocycles. The van der Waals surface area contributed by atoms with Crippen LogP contribution in [-0.4, -0.2) is 88.6 Å². The zero-order valence-corrected chi connectivity index (χ0v) is 22.9. The fraction of sp³-hybridized carbons (Fsp3) is 0.607. The Morgan fingerprint density at radius 1 is 1.08 bits per heavy atom. The number of likely N-dealkylation sites (tertiary alicyclic amines) is 1. The molecule has 7 nitrogen and oxygen atoms in total. The summed E-state index contributed by atoms with van der Waals surface area (Å²) in [7, 11) is 1.62. The number of rotatable bonds is 6. The van der Waals surface area contributed by atoms with Crippen LogP contribution in [0.5, 0.6) is 0 Å². The number of aromatic nitrogens is 2. The summed E-state index contributed by atoms with van der Waals surface area (Å²) in [5, 5.41) is 0. The zero-order valence-electron chi connectivity index (χ0n) is 22.9. The van der Waals surface area contributed by atoms with Gasteiger partial charge in [-0.1, -0.05) is 12.1 Å². The van der Waals surface area contributed by atoms with Crippen LogP contribution in [0.2, 0.25) is 0 Å². The minimum absolute atomic E-state index is 0.000198. The molecule has 38 heavy (non-hydrogen) atoms. The van der Waals surface area contributed by atoms with Crippen molar-refractivity contribution < 1.29 is 22.7 Å². The summed E-state index contributed by atoms with van der Waals surface area (Å²) in [5.41, 5.74) is 2.18. The molecule has 0 N–H and O–H groups in total. The highest BCUT2D eigenvalue weighted by Crippen LogP contribution is 2.35. The molecule has 1 unspecified atom stereocenters. The van der Waals surface area contributed by atoms with E-state index in [1.807, 2.05) is 18.7 Å². The van der Waals surface area contributed by atoms with Gasteiger partial charge in [-0.15, -0.1) is 0 Å². The number of benzene rings is 1. The molecule has 0 radical (unpaired) electrons. The van der Waals surface area contributed by atoms with Crippen molar-refractivity contribution in [3.05, 3.63) is 58.7 Å². The Hall–Kier alpha value is -2.56. The Bertz CT molecular complexity index is 1100. The normalized spacial score (nSPS) is 21.9. The van der Waals surface area contributed by atoms with E-state index in [1.54, 1.807) is 19.2 Å². The molecule has 2 atom stereocenters. The van der Waals surface area contributed by atoms with Crippen LogP contribution in [0.15, 0.2) is 30.6 Å². The van der Waals surface area contributed by atoms with Crippen molar-refractivity contribution >= 4 is 5.91 Å². The highest BCUT2D eigenvalue weighted by Gasteiger charge is 2.41. The maximum Gasteiger partial charge on any atom is 0.416 e. The topological polar surface area (TPSA) is 61.8 Å². The van der Waals surface area contributed by atoms with Crippen molar-refractivity contribution in [1.82, 2.24) is 24.7 Å². The smallest absolute Gasteiger partial charge is 0.383 e. The van der Waals surface area contributed by atoms with Gasteiger partial charge in [-0.2, -0.15) is 13.2 Å². The predicted molar refractivity (Wildman–Crippen MR) is 139 cm³/mol. The second-order valence-electron chi connectivity index (χ2n) is 10.8. The molecule has 1 aromatic heterocycles. The Labute approximate surface area is 223 Å². The SMILES string of the molecule is COCC(c1ccc(C(F)(F)F)cc1)N1CCN(C2(C)CCN(C(=O)c3c(C)ncnc3C)CC2)C[C@@H]1C. The fourth-order valence-corrected chi connectivity index (χ4v) is 5.93. The van der Waals surface area contributed by atoms with Crippen LogP contribution < -0.4 is 0 Å². The standard InChI is InChI=1S/C28H38F3N5O2/c1-19-16-35(14-15-36(19)24(17-38-5)22-6-8-23(9-7-22)28(29,30)31)27(4)10-12-34(13-11-27)26(37)25-20(2)32-18-33-21(25)3/h6-9,18-19,24H,10-17H2,1-5H3/t19-,24?/m0/s1. The predicted octanol–water partition coefficient (Wildman–Crippen LogP) is 4.50. The van der Waals surface area contributed by atoms with Crippen LogP contribution in [-0.2, 0) is 10.9 Å². The van der Waals surface area contributed by atoms with E-state index in [9.17, 15) is 18.0 Å². The van der Waals surface area contributed by atoms with Gasteiger partial charge < -0.3 is 9.64 Å². The Kier molecular flexibility index (Phi) is 8.44. The van der Waals surface area contributed by atoms with Crippen molar-refractivity contribution in [2.75, 3.05) is 46.4 Å². The number of aryl methyl sites for hydroxylation is 2. The van der Waals surface area contributed by atoms with Gasteiger partial charge in [0.2, 0.25) is 0 Å². The Morgan fingerprint density at radius 3 is 2.21 bits per heavy atom. The van der Waals surface area contributed by atoms with Gasteiger partial charge >= 0.3 is 6.18 Å². The van der Waals surface area contributed by atoms with E-state index >= 15 is 0 Å². The summed E-state index contributed by atoms with van der Waals surface area (Å²) < 4.78 is 44.7. The van der Waals surface area contributed by atoms with E-state index in [0.717, 1.165) is 50.2 Å². The molecule has 10 heteroatoms. The van der Waals surface area contributed by atoms with Crippen molar-refractivity contribution in [3.8, 4) is 0 Å². The number of hydrogen-bond donors (Lipinski definition) is 0. The Morgan fingerprint density at radius 2 is 1.68 bits per heavy atom. The van der Waals surface area contributed by atoms with Crippen molar-refractivity contribution in [1.29, 1.82) is 0 Å². The van der Waals surface area contributed by atoms with Crippen LogP contribution in [0.4, 0.5) is 13.2 Å². The molecular formula is C28H38F3N5O2. The first-order valence-corrected chi connectivity index (χ1v) is 13.2. The monoisotopic (exact) mass is 533 g/mol. The van der Waals surface area contributed by atoms with Gasteiger partial charge in [0, 0.05) is 51.4 Å². The Balaban J connectivity index is 1.40. The first kappa shape index (κ1) is 28.4. The molecule has 0 aliphatic carbocycles. The number of piperazine rings is 1. The number of halogens is 3. The molecule has 4 rings (SSSR count). The molecule has 0 bridgehead atoms. The van der Waals surface area contributed by atoms with Gasteiger partial charge in [-0.25, -0.2) is 9.97 Å². The molecule has 2 saturated heterocycles. The third-order valence-electron chi connectivity index (χ3n) is 8.36. The van der Waals surface area contributed by atoms with Crippen LogP contribution in [0, 0.1) is 13.8 Å². The summed E-state index contributed by atoms with van der Waals surface area (Å²) in [6, 6.07) is 5.52. The van der Waals surface area contributed by atoms with Gasteiger partial charge in [-0.05, 0) is 58.2 Å². The zero-order chi connectivity index (χ0) is 27.7. The summed E-state index contributed by atoms with van der Waals surface area (Å²) in [6.07, 6.45) is -1.12. The maximum atomic E-state index is 13.2. The van der Waals surface area contributed by atoms with Gasteiger partial charge in [0.15, 0.2) is 0 Å². The van der Waals surface area contributed by atoms with Gasteiger partial charge in [0.1, 0.15) is 6.33 Å². The number of alkyl halides is 3. The van der Waals surface area contributed by atoms with Crippen LogP contribution >= 0.6 is 0 Å². The van der Waals surface area contributed by atoms with Crippen molar-refractivity contribution in [3.63, 3.8) is 0 Å². The number of nitrogens with zero attached hydrogens (tertiary/aromatic N) is 5. The summed E-state index contributed by atoms with van der Waals surface area (Å²) in [4.78, 5) is 28.4. The molecule has 0 spiro atoms. The lowest BCUT2D eigenvalue weighted by Gasteiger charge is -2.52. The molecule has 3 heterocycles. The average molecular weight is 534 g/mol. The number of piperidine rings is 1. The molecule has 0 saturated carbocycles. The number of carbonyl (C=O) groups excluding carboxylic acids is 1. The largest absolute Gasteiger partial charge is 0.416 e. The molecule has 2 fully saturated rings. The first-order valence-electron chi connectivity index (χ1n) is 13.2. The second-order valence-corrected chi connectivity index (χ2v) is 10.8. The summed E-state index contributed by atoms with van der Waals surface area (Å²) >= 11 is 0. The number of methoxy groups -OCH3 is 1. The third kappa shape index (κ3) is 5.87. The number of amides is 1. The van der Waals surface area contributed by atoms with E-state index in [-0.39, 0.29) is 23.5 Å². The van der Waals surface area contributed by atoms with Crippen LogP contribution in [0.25, 0.3) is 0 Å². The summed E-state index contributed by atoms with van der Waals surface area (Å²) in [6.45, 7) is 12.4. The lowest BCUT2D eigenvalue weighted by molar-refractivity contribution is -0.137. The van der Waals surface area contributed by atoms with E-state index < -0.39 is 11.7 Å². The lowest BCUT2D eigenvalue weighted by Crippen LogP contribution is -2.62. The second kappa shape index (κ2) is 11.3. The first-order chi connectivity index (χ1) is 17.9. The van der Waals surface area contributed by atoms with Crippen molar-refractivity contribution in [2.45, 2.75) is 64.3 Å². The number of carbonyl (C=O) groups is 1. The van der Waals surface area contributed by atoms with Gasteiger partial charge in [-0.3, -0.25) is 14.6 Å². The van der Waals surface area contributed by atoms with Crippen LogP contribution in [0.3, 0.4) is 0 Å². The van der Waals surface area contributed by atoms with E-state index in [2.05, 4.69) is 33.6 Å². The van der Waals surface area contributed by atoms with E-state index in [0.29, 0.717) is 36.6 Å². The fourth-order valence-electron chi connectivity index (χ4n) is 5.93. The third-order valence-corrected chi connectivity index (χ3v) is 8.36. The van der Waals surface area contributed by atoms with E-state index in [4.69, 9.17) is 4.74 Å². The lowest BCUT2D eigenvalue weighted by atomic mass is 9.86. The molecule has 2 aliphatic rings. The minimum Gasteiger partial charge on any atom is -0.383 e. The number of ether oxygens (including phenoxy) is 1. The van der Waals surface area contributed by atoms with Crippen LogP contribution in [0.1, 0.15) is 65.6 Å². The quantitative estimate of drug-likeness (QED) is 0.545. The minimum atomic E-state index is -4.35. The number of hydrogen-bond acceptors (Lipinski definition) is 6. The van der Waals surface area contributed by atoms with Gasteiger partial charge in [0.25, 0.3) is 5.91 Å². The highest BCUT2D eigenvalue weighted by atomic mass is 19.4. The summed E-state index contributed by atoms with van der Waals surface area (Å²) in [5.74, 6) is -0.000198. The highest BCUT2D eigenvalue weighted by molar-refractivity contribution is 5.96.